The maximum Gasteiger partial charge on any atom is 0.238 e. The number of aryl methyl sites for hydroxylation is 2. The predicted molar refractivity (Wildman–Crippen MR) is 97.6 cm³/mol. The molecule has 1 aromatic heterocycles. The molecule has 25 heavy (non-hydrogen) atoms. The number of carbonyl (C=O) groups is 1. The lowest BCUT2D eigenvalue weighted by Crippen LogP contribution is -2.32. The average molecular weight is 366 g/mol. The zero-order chi connectivity index (χ0) is 18.6. The van der Waals surface area contributed by atoms with E-state index in [1.165, 1.54) is 12.1 Å². The first-order valence-electron chi connectivity index (χ1n) is 8.57. The molecular weight excluding hydrogens is 340 g/mol. The highest BCUT2D eigenvalue weighted by Gasteiger charge is 2.15. The number of hydrogen-bond acceptors (Lipinski definition) is 4. The van der Waals surface area contributed by atoms with E-state index >= 15 is 0 Å². The molecule has 0 aliphatic rings. The number of fused-ring (bicyclic) bond motifs is 1. The van der Waals surface area contributed by atoms with E-state index in [1.807, 2.05) is 18.4 Å². The van der Waals surface area contributed by atoms with Crippen LogP contribution in [0.25, 0.3) is 11.0 Å². The number of hydrogen-bond donors (Lipinski definition) is 2. The van der Waals surface area contributed by atoms with Gasteiger partial charge in [-0.2, -0.15) is 0 Å². The normalized spacial score (nSPS) is 13.1. The second-order valence-electron chi connectivity index (χ2n) is 6.25. The number of sulfonamides is 1. The van der Waals surface area contributed by atoms with Crippen LogP contribution in [0.5, 0.6) is 0 Å². The fourth-order valence-electron chi connectivity index (χ4n) is 2.67. The molecule has 0 fully saturated rings. The molecule has 1 heterocycles. The van der Waals surface area contributed by atoms with Gasteiger partial charge in [0, 0.05) is 25.4 Å². The van der Waals surface area contributed by atoms with E-state index in [2.05, 4.69) is 17.2 Å². The standard InChI is InChI=1S/C17H26N4O3S/c1-4-10-21-15-7-6-13(25(18,23)24)11-14(15)20-16(21)8-9-17(22)19-12(3)5-2/h6-7,11-12H,4-5,8-10H2,1-3H3,(H,19,22)(H2,18,23,24). The lowest BCUT2D eigenvalue weighted by molar-refractivity contribution is -0.121. The maximum absolute atomic E-state index is 12.0. The highest BCUT2D eigenvalue weighted by Crippen LogP contribution is 2.21. The van der Waals surface area contributed by atoms with Gasteiger partial charge in [0.25, 0.3) is 0 Å². The van der Waals surface area contributed by atoms with E-state index in [4.69, 9.17) is 5.14 Å². The van der Waals surface area contributed by atoms with Crippen molar-refractivity contribution in [2.24, 2.45) is 5.14 Å². The predicted octanol–water partition coefficient (Wildman–Crippen LogP) is 1.94. The van der Waals surface area contributed by atoms with Gasteiger partial charge in [0.1, 0.15) is 5.82 Å². The van der Waals surface area contributed by atoms with E-state index in [9.17, 15) is 13.2 Å². The third-order valence-corrected chi connectivity index (χ3v) is 5.08. The van der Waals surface area contributed by atoms with Crippen LogP contribution in [0, 0.1) is 0 Å². The monoisotopic (exact) mass is 366 g/mol. The van der Waals surface area contributed by atoms with Crippen LogP contribution in [0.4, 0.5) is 0 Å². The summed E-state index contributed by atoms with van der Waals surface area (Å²) in [6.45, 7) is 6.81. The van der Waals surface area contributed by atoms with Gasteiger partial charge in [-0.1, -0.05) is 13.8 Å². The Morgan fingerprint density at radius 2 is 2.08 bits per heavy atom. The first-order chi connectivity index (χ1) is 11.8. The summed E-state index contributed by atoms with van der Waals surface area (Å²) < 4.78 is 25.1. The smallest absolute Gasteiger partial charge is 0.238 e. The molecule has 0 aliphatic carbocycles. The molecule has 7 nitrogen and oxygen atoms in total. The van der Waals surface area contributed by atoms with E-state index in [-0.39, 0.29) is 16.8 Å². The number of nitrogens with two attached hydrogens (primary N) is 1. The van der Waals surface area contributed by atoms with E-state index in [1.54, 1.807) is 6.07 Å². The van der Waals surface area contributed by atoms with Crippen molar-refractivity contribution < 1.29 is 13.2 Å². The number of aromatic nitrogens is 2. The minimum absolute atomic E-state index is 0.00493. The SMILES string of the molecule is CCCn1c(CCC(=O)NC(C)CC)nc2cc(S(N)(=O)=O)ccc21. The maximum atomic E-state index is 12.0. The van der Waals surface area contributed by atoms with Gasteiger partial charge >= 0.3 is 0 Å². The fraction of sp³-hybridized carbons (Fsp3) is 0.529. The summed E-state index contributed by atoms with van der Waals surface area (Å²) in [4.78, 5) is 16.6. The molecule has 1 aromatic carbocycles. The van der Waals surface area contributed by atoms with E-state index in [0.717, 1.165) is 30.7 Å². The van der Waals surface area contributed by atoms with Crippen LogP contribution < -0.4 is 10.5 Å². The summed E-state index contributed by atoms with van der Waals surface area (Å²) in [7, 11) is -3.77. The molecule has 2 aromatic rings. The van der Waals surface area contributed by atoms with Crippen molar-refractivity contribution in [2.75, 3.05) is 0 Å². The first kappa shape index (κ1) is 19.4. The highest BCUT2D eigenvalue weighted by molar-refractivity contribution is 7.89. The van der Waals surface area contributed by atoms with Crippen molar-refractivity contribution in [3.05, 3.63) is 24.0 Å². The number of nitrogens with zero attached hydrogens (tertiary/aromatic N) is 2. The van der Waals surface area contributed by atoms with Crippen molar-refractivity contribution in [3.63, 3.8) is 0 Å². The van der Waals surface area contributed by atoms with Crippen LogP contribution in [0.1, 0.15) is 45.9 Å². The molecule has 2 rings (SSSR count). The zero-order valence-corrected chi connectivity index (χ0v) is 15.8. The Bertz CT molecular complexity index is 858. The van der Waals surface area contributed by atoms with Gasteiger partial charge in [-0.25, -0.2) is 18.5 Å². The topological polar surface area (TPSA) is 107 Å². The van der Waals surface area contributed by atoms with Gasteiger partial charge in [0.05, 0.1) is 15.9 Å². The molecule has 138 valence electrons. The Kier molecular flexibility index (Phi) is 6.18. The lowest BCUT2D eigenvalue weighted by atomic mass is 10.2. The molecule has 0 spiro atoms. The molecule has 0 aliphatic heterocycles. The van der Waals surface area contributed by atoms with Crippen molar-refractivity contribution in [1.82, 2.24) is 14.9 Å². The number of rotatable bonds is 8. The molecule has 0 saturated heterocycles. The third kappa shape index (κ3) is 4.79. The molecule has 0 saturated carbocycles. The van der Waals surface area contributed by atoms with Crippen molar-refractivity contribution >= 4 is 27.0 Å². The average Bonchev–Trinajstić information content (AvgIpc) is 2.89. The fourth-order valence-corrected chi connectivity index (χ4v) is 3.21. The number of amides is 1. The number of imidazole rings is 1. The number of benzene rings is 1. The molecule has 0 bridgehead atoms. The van der Waals surface area contributed by atoms with Gasteiger partial charge in [-0.3, -0.25) is 4.79 Å². The Balaban J connectivity index is 2.29. The second-order valence-corrected chi connectivity index (χ2v) is 7.81. The van der Waals surface area contributed by atoms with Crippen molar-refractivity contribution in [3.8, 4) is 0 Å². The molecule has 1 amide bonds. The second kappa shape index (κ2) is 7.97. The van der Waals surface area contributed by atoms with Gasteiger partial charge in [0.2, 0.25) is 15.9 Å². The van der Waals surface area contributed by atoms with Crippen LogP contribution in [0.3, 0.4) is 0 Å². The molecule has 1 atom stereocenters. The van der Waals surface area contributed by atoms with Crippen molar-refractivity contribution in [1.29, 1.82) is 0 Å². The van der Waals surface area contributed by atoms with Gasteiger partial charge in [0.15, 0.2) is 0 Å². The van der Waals surface area contributed by atoms with Crippen LogP contribution in [-0.2, 0) is 27.8 Å². The van der Waals surface area contributed by atoms with Crippen LogP contribution in [-0.4, -0.2) is 29.9 Å². The van der Waals surface area contributed by atoms with Gasteiger partial charge < -0.3 is 9.88 Å². The number of carbonyl (C=O) groups excluding carboxylic acids is 1. The summed E-state index contributed by atoms with van der Waals surface area (Å²) in [5.41, 5.74) is 1.43. The third-order valence-electron chi connectivity index (χ3n) is 4.17. The number of primary sulfonamides is 1. The van der Waals surface area contributed by atoms with Crippen molar-refractivity contribution in [2.45, 2.75) is 63.9 Å². The highest BCUT2D eigenvalue weighted by atomic mass is 32.2. The summed E-state index contributed by atoms with van der Waals surface area (Å²) in [6, 6.07) is 4.85. The summed E-state index contributed by atoms with van der Waals surface area (Å²) in [6.07, 6.45) is 2.64. The Morgan fingerprint density at radius 1 is 1.36 bits per heavy atom. The summed E-state index contributed by atoms with van der Waals surface area (Å²) >= 11 is 0. The van der Waals surface area contributed by atoms with Crippen LogP contribution in [0.2, 0.25) is 0 Å². The Hall–Kier alpha value is -1.93. The quantitative estimate of drug-likeness (QED) is 0.744. The first-order valence-corrected chi connectivity index (χ1v) is 10.1. The summed E-state index contributed by atoms with van der Waals surface area (Å²) in [5, 5.41) is 8.14. The van der Waals surface area contributed by atoms with Crippen LogP contribution in [0.15, 0.2) is 23.1 Å². The minimum atomic E-state index is -3.77. The van der Waals surface area contributed by atoms with E-state index in [0.29, 0.717) is 18.4 Å². The molecular formula is C17H26N4O3S. The minimum Gasteiger partial charge on any atom is -0.354 e. The van der Waals surface area contributed by atoms with Gasteiger partial charge in [-0.05, 0) is 38.0 Å². The summed E-state index contributed by atoms with van der Waals surface area (Å²) in [5.74, 6) is 0.775. The van der Waals surface area contributed by atoms with E-state index < -0.39 is 10.0 Å². The molecule has 8 heteroatoms. The zero-order valence-electron chi connectivity index (χ0n) is 14.9. The Labute approximate surface area is 148 Å². The number of nitrogens with one attached hydrogen (secondary N) is 1. The molecule has 1 unspecified atom stereocenters. The van der Waals surface area contributed by atoms with Gasteiger partial charge in [-0.15, -0.1) is 0 Å². The molecule has 3 N–H and O–H groups in total. The lowest BCUT2D eigenvalue weighted by Gasteiger charge is -2.11. The Morgan fingerprint density at radius 3 is 2.68 bits per heavy atom. The largest absolute Gasteiger partial charge is 0.354 e. The molecule has 0 radical (unpaired) electrons. The van der Waals surface area contributed by atoms with Crippen LogP contribution >= 0.6 is 0 Å².